The normalized spacial score (nSPS) is 20.0. The molecule has 8 nitrogen and oxygen atoms in total. The van der Waals surface area contributed by atoms with Crippen LogP contribution >= 0.6 is 15.9 Å². The van der Waals surface area contributed by atoms with Gasteiger partial charge in [0.05, 0.1) is 0 Å². The molecule has 1 unspecified atom stereocenters. The summed E-state index contributed by atoms with van der Waals surface area (Å²) >= 11 is 3.33. The smallest absolute Gasteiger partial charge is 0.325 e. The minimum Gasteiger partial charge on any atom is -0.454 e. The Balaban J connectivity index is 1.44. The molecule has 1 saturated heterocycles. The van der Waals surface area contributed by atoms with Gasteiger partial charge in [-0.05, 0) is 42.8 Å². The van der Waals surface area contributed by atoms with E-state index in [0.717, 1.165) is 14.9 Å². The number of halogens is 1. The third-order valence-electron chi connectivity index (χ3n) is 4.75. The van der Waals surface area contributed by atoms with Crippen molar-refractivity contribution in [1.29, 1.82) is 0 Å². The number of nitrogens with zero attached hydrogens (tertiary/aromatic N) is 1. The lowest BCUT2D eigenvalue weighted by molar-refractivity contribution is -0.133. The highest BCUT2D eigenvalue weighted by atomic mass is 79.9. The topological polar surface area (TPSA) is 97.0 Å². The lowest BCUT2D eigenvalue weighted by Gasteiger charge is -2.22. The van der Waals surface area contributed by atoms with Crippen molar-refractivity contribution in [3.05, 3.63) is 52.5 Å². The minimum absolute atomic E-state index is 0.159. The van der Waals surface area contributed by atoms with E-state index >= 15 is 0 Å². The first-order valence-corrected chi connectivity index (χ1v) is 9.71. The molecule has 0 spiro atoms. The molecular weight excluding hydrogens is 442 g/mol. The van der Waals surface area contributed by atoms with Gasteiger partial charge in [-0.25, -0.2) is 4.79 Å². The van der Waals surface area contributed by atoms with Gasteiger partial charge in [-0.2, -0.15) is 0 Å². The zero-order valence-electron chi connectivity index (χ0n) is 15.5. The van der Waals surface area contributed by atoms with E-state index in [1.807, 2.05) is 12.1 Å². The van der Waals surface area contributed by atoms with Gasteiger partial charge in [0.15, 0.2) is 11.5 Å². The summed E-state index contributed by atoms with van der Waals surface area (Å²) < 4.78 is 11.5. The first-order valence-electron chi connectivity index (χ1n) is 8.92. The fourth-order valence-electron chi connectivity index (χ4n) is 3.38. The van der Waals surface area contributed by atoms with Gasteiger partial charge < -0.3 is 20.1 Å². The second-order valence-corrected chi connectivity index (χ2v) is 7.99. The number of urea groups is 1. The lowest BCUT2D eigenvalue weighted by atomic mass is 9.92. The number of hydrogen-bond donors (Lipinski definition) is 2. The van der Waals surface area contributed by atoms with Gasteiger partial charge in [0, 0.05) is 16.6 Å². The minimum atomic E-state index is -1.15. The Morgan fingerprint density at radius 2 is 2.00 bits per heavy atom. The summed E-state index contributed by atoms with van der Waals surface area (Å²) in [6.45, 7) is 1.44. The molecule has 9 heteroatoms. The Kier molecular flexibility index (Phi) is 4.91. The second kappa shape index (κ2) is 7.40. The number of carbonyl (C=O) groups excluding carboxylic acids is 3. The van der Waals surface area contributed by atoms with Crippen molar-refractivity contribution < 1.29 is 23.9 Å². The molecule has 2 N–H and O–H groups in total. The molecule has 2 aliphatic heterocycles. The van der Waals surface area contributed by atoms with Gasteiger partial charge in [-0.3, -0.25) is 14.5 Å². The number of ether oxygens (including phenoxy) is 2. The molecule has 0 aliphatic carbocycles. The van der Waals surface area contributed by atoms with Gasteiger partial charge in [0.2, 0.25) is 12.7 Å². The summed E-state index contributed by atoms with van der Waals surface area (Å²) in [5, 5.41) is 5.39. The molecule has 29 heavy (non-hydrogen) atoms. The van der Waals surface area contributed by atoms with Crippen molar-refractivity contribution >= 4 is 39.5 Å². The van der Waals surface area contributed by atoms with Crippen LogP contribution in [0.1, 0.15) is 12.5 Å². The molecule has 0 aromatic heterocycles. The van der Waals surface area contributed by atoms with Crippen LogP contribution in [0.4, 0.5) is 10.5 Å². The monoisotopic (exact) mass is 459 g/mol. The maximum absolute atomic E-state index is 12.9. The molecule has 0 radical (unpaired) electrons. The standard InChI is InChI=1S/C20H18BrN3O5/c1-20(9-12-5-6-15-16(7-12)29-11-28-15)18(26)24(19(27)23-20)10-17(25)22-14-4-2-3-13(21)8-14/h2-8H,9-11H2,1H3,(H,22,25)(H,23,27). The van der Waals surface area contributed by atoms with Crippen LogP contribution < -0.4 is 20.1 Å². The molecule has 1 atom stereocenters. The Morgan fingerprint density at radius 3 is 2.79 bits per heavy atom. The maximum atomic E-state index is 12.9. The first kappa shape index (κ1) is 19.3. The summed E-state index contributed by atoms with van der Waals surface area (Å²) in [6.07, 6.45) is 0.262. The number of hydrogen-bond acceptors (Lipinski definition) is 5. The summed E-state index contributed by atoms with van der Waals surface area (Å²) in [5.74, 6) is 0.336. The van der Waals surface area contributed by atoms with Crippen LogP contribution in [0.3, 0.4) is 0 Å². The zero-order chi connectivity index (χ0) is 20.6. The molecule has 2 aromatic carbocycles. The number of benzene rings is 2. The van der Waals surface area contributed by atoms with Gasteiger partial charge >= 0.3 is 6.03 Å². The van der Waals surface area contributed by atoms with Crippen LogP contribution in [0, 0.1) is 0 Å². The van der Waals surface area contributed by atoms with Crippen molar-refractivity contribution in [2.75, 3.05) is 18.7 Å². The number of amides is 4. The highest BCUT2D eigenvalue weighted by molar-refractivity contribution is 9.10. The summed E-state index contributed by atoms with van der Waals surface area (Å²) in [7, 11) is 0. The van der Waals surface area contributed by atoms with Crippen LogP contribution in [0.25, 0.3) is 0 Å². The van der Waals surface area contributed by atoms with Crippen molar-refractivity contribution in [3.8, 4) is 11.5 Å². The molecule has 0 saturated carbocycles. The van der Waals surface area contributed by atoms with Gasteiger partial charge in [0.1, 0.15) is 12.1 Å². The van der Waals surface area contributed by atoms with Gasteiger partial charge in [0.25, 0.3) is 5.91 Å². The molecule has 4 rings (SSSR count). The van der Waals surface area contributed by atoms with Crippen LogP contribution in [0.15, 0.2) is 46.9 Å². The fourth-order valence-corrected chi connectivity index (χ4v) is 3.78. The number of imide groups is 1. The van der Waals surface area contributed by atoms with E-state index in [9.17, 15) is 14.4 Å². The Labute approximate surface area is 175 Å². The van der Waals surface area contributed by atoms with E-state index in [1.165, 1.54) is 0 Å². The van der Waals surface area contributed by atoms with Crippen LogP contribution in [-0.4, -0.2) is 41.6 Å². The predicted octanol–water partition coefficient (Wildman–Crippen LogP) is 2.67. The highest BCUT2D eigenvalue weighted by Gasteiger charge is 2.48. The van der Waals surface area contributed by atoms with E-state index in [2.05, 4.69) is 26.6 Å². The van der Waals surface area contributed by atoms with Crippen LogP contribution in [0.2, 0.25) is 0 Å². The molecule has 150 valence electrons. The average Bonchev–Trinajstić information content (AvgIpc) is 3.20. The van der Waals surface area contributed by atoms with E-state index in [0.29, 0.717) is 17.2 Å². The SMILES string of the molecule is CC1(Cc2ccc3c(c2)OCO3)NC(=O)N(CC(=O)Nc2cccc(Br)c2)C1=O. The number of rotatable bonds is 5. The number of fused-ring (bicyclic) bond motifs is 1. The Hall–Kier alpha value is -3.07. The lowest BCUT2D eigenvalue weighted by Crippen LogP contribution is -2.46. The van der Waals surface area contributed by atoms with Gasteiger partial charge in [-0.15, -0.1) is 0 Å². The van der Waals surface area contributed by atoms with Crippen molar-refractivity contribution in [2.24, 2.45) is 0 Å². The highest BCUT2D eigenvalue weighted by Crippen LogP contribution is 2.34. The zero-order valence-corrected chi connectivity index (χ0v) is 17.1. The summed E-state index contributed by atoms with van der Waals surface area (Å²) in [5.41, 5.74) is 0.228. The maximum Gasteiger partial charge on any atom is 0.325 e. The molecular formula is C20H18BrN3O5. The fraction of sp³-hybridized carbons (Fsp3) is 0.250. The molecule has 1 fully saturated rings. The van der Waals surface area contributed by atoms with E-state index in [4.69, 9.17) is 9.47 Å². The number of nitrogens with one attached hydrogen (secondary N) is 2. The quantitative estimate of drug-likeness (QED) is 0.669. The predicted molar refractivity (Wildman–Crippen MR) is 108 cm³/mol. The van der Waals surface area contributed by atoms with Gasteiger partial charge in [-0.1, -0.05) is 28.1 Å². The molecule has 0 bridgehead atoms. The van der Waals surface area contributed by atoms with E-state index in [-0.39, 0.29) is 19.8 Å². The Morgan fingerprint density at radius 1 is 1.21 bits per heavy atom. The van der Waals surface area contributed by atoms with Crippen molar-refractivity contribution in [1.82, 2.24) is 10.2 Å². The number of anilines is 1. The Bertz CT molecular complexity index is 1010. The molecule has 4 amide bonds. The van der Waals surface area contributed by atoms with Crippen molar-refractivity contribution in [2.45, 2.75) is 18.9 Å². The molecule has 2 aromatic rings. The van der Waals surface area contributed by atoms with E-state index in [1.54, 1.807) is 37.3 Å². The molecule has 2 heterocycles. The summed E-state index contributed by atoms with van der Waals surface area (Å²) in [4.78, 5) is 38.6. The van der Waals surface area contributed by atoms with E-state index < -0.39 is 23.4 Å². The van der Waals surface area contributed by atoms with Crippen LogP contribution in [0.5, 0.6) is 11.5 Å². The van der Waals surface area contributed by atoms with Crippen molar-refractivity contribution in [3.63, 3.8) is 0 Å². The second-order valence-electron chi connectivity index (χ2n) is 7.08. The van der Waals surface area contributed by atoms with Crippen LogP contribution in [-0.2, 0) is 16.0 Å². The molecule has 2 aliphatic rings. The number of carbonyl (C=O) groups is 3. The summed E-state index contributed by atoms with van der Waals surface area (Å²) in [6, 6.07) is 11.8. The average molecular weight is 460 g/mol. The largest absolute Gasteiger partial charge is 0.454 e. The third kappa shape index (κ3) is 3.91. The third-order valence-corrected chi connectivity index (χ3v) is 5.24. The first-order chi connectivity index (χ1) is 13.8.